The van der Waals surface area contributed by atoms with Crippen LogP contribution in [0.4, 0.5) is 0 Å². The number of amides is 1. The topological polar surface area (TPSA) is 40.9 Å². The minimum Gasteiger partial charge on any atom is -0.267 e. The monoisotopic (exact) mass is 276 g/mol. The fourth-order valence-corrected chi connectivity index (χ4v) is 1.98. The molecule has 0 spiro atoms. The molecule has 57 valence electrons. The van der Waals surface area contributed by atoms with Crippen molar-refractivity contribution in [3.63, 3.8) is 0 Å². The quantitative estimate of drug-likeness (QED) is 0.778. The molecule has 0 saturated heterocycles. The third kappa shape index (κ3) is 2.31. The van der Waals surface area contributed by atoms with Crippen LogP contribution < -0.4 is 5.73 Å². The molecule has 0 aliphatic heterocycles. The van der Waals surface area contributed by atoms with E-state index in [-0.39, 0.29) is 0 Å². The molecule has 4 heteroatoms. The van der Waals surface area contributed by atoms with Gasteiger partial charge < -0.3 is 0 Å². The van der Waals surface area contributed by atoms with Crippen LogP contribution in [0.2, 0.25) is 0 Å². The Morgan fingerprint density at radius 2 is 1.64 bits per heavy atom. The van der Waals surface area contributed by atoms with E-state index in [9.17, 15) is 4.79 Å². The largest absolute Gasteiger partial charge is 0.269 e. The highest BCUT2D eigenvalue weighted by Gasteiger charge is 2.02. The van der Waals surface area contributed by atoms with E-state index in [0.717, 1.165) is 8.95 Å². The van der Waals surface area contributed by atoms with Crippen molar-refractivity contribution in [2.24, 2.45) is 0 Å². The molecule has 1 aromatic rings. The van der Waals surface area contributed by atoms with Crippen molar-refractivity contribution in [2.75, 3.05) is 0 Å². The van der Waals surface area contributed by atoms with E-state index < -0.39 is 5.91 Å². The number of carbonyl (C=O) groups is 1. The third-order valence-corrected chi connectivity index (χ3v) is 2.04. The standard InChI is InChI=1S/C7H4Br2NO/c8-5-1-4(7(10)11)2-6(9)3-5/h1-3,10H. The first-order chi connectivity index (χ1) is 5.09. The highest BCUT2D eigenvalue weighted by atomic mass is 79.9. The van der Waals surface area contributed by atoms with Crippen LogP contribution in [0.25, 0.3) is 0 Å². The lowest BCUT2D eigenvalue weighted by atomic mass is 10.2. The summed E-state index contributed by atoms with van der Waals surface area (Å²) in [6.45, 7) is 0. The van der Waals surface area contributed by atoms with E-state index in [0.29, 0.717) is 5.56 Å². The number of rotatable bonds is 1. The Labute approximate surface area is 81.0 Å². The number of hydrogen-bond donors (Lipinski definition) is 0. The van der Waals surface area contributed by atoms with E-state index in [2.05, 4.69) is 31.9 Å². The van der Waals surface area contributed by atoms with Crippen LogP contribution in [0.15, 0.2) is 27.1 Å². The second-order valence-electron chi connectivity index (χ2n) is 1.99. The summed E-state index contributed by atoms with van der Waals surface area (Å²) < 4.78 is 1.59. The highest BCUT2D eigenvalue weighted by molar-refractivity contribution is 9.11. The van der Waals surface area contributed by atoms with Crippen molar-refractivity contribution in [3.8, 4) is 0 Å². The Balaban J connectivity index is 3.19. The zero-order chi connectivity index (χ0) is 8.43. The van der Waals surface area contributed by atoms with E-state index >= 15 is 0 Å². The SMILES string of the molecule is [NH]C(=O)c1cc(Br)cc(Br)c1. The molecule has 0 saturated carbocycles. The van der Waals surface area contributed by atoms with Gasteiger partial charge >= 0.3 is 0 Å². The second kappa shape index (κ2) is 3.36. The summed E-state index contributed by atoms with van der Waals surface area (Å²) in [7, 11) is 0. The van der Waals surface area contributed by atoms with Crippen LogP contribution in [0, 0.1) is 0 Å². The minimum atomic E-state index is -0.674. The van der Waals surface area contributed by atoms with Gasteiger partial charge in [-0.05, 0) is 18.2 Å². The Morgan fingerprint density at radius 1 is 1.18 bits per heavy atom. The molecule has 2 nitrogen and oxygen atoms in total. The van der Waals surface area contributed by atoms with Gasteiger partial charge in [-0.2, -0.15) is 0 Å². The van der Waals surface area contributed by atoms with Gasteiger partial charge in [0.25, 0.3) is 5.91 Å². The molecule has 1 amide bonds. The second-order valence-corrected chi connectivity index (χ2v) is 3.82. The normalized spacial score (nSPS) is 9.64. The zero-order valence-electron chi connectivity index (χ0n) is 5.40. The summed E-state index contributed by atoms with van der Waals surface area (Å²) in [5.74, 6) is -0.674. The van der Waals surface area contributed by atoms with Gasteiger partial charge in [0, 0.05) is 14.5 Å². The van der Waals surface area contributed by atoms with E-state index in [1.54, 1.807) is 12.1 Å². The van der Waals surface area contributed by atoms with E-state index in [1.165, 1.54) is 0 Å². The van der Waals surface area contributed by atoms with Gasteiger partial charge in [-0.25, -0.2) is 0 Å². The van der Waals surface area contributed by atoms with Crippen LogP contribution >= 0.6 is 31.9 Å². The maximum Gasteiger partial charge on any atom is 0.269 e. The molecule has 0 bridgehead atoms. The van der Waals surface area contributed by atoms with Crippen LogP contribution in [-0.2, 0) is 0 Å². The van der Waals surface area contributed by atoms with Gasteiger partial charge in [0.2, 0.25) is 0 Å². The molecule has 1 rings (SSSR count). The molecule has 0 atom stereocenters. The Hall–Kier alpha value is -0.350. The van der Waals surface area contributed by atoms with Crippen molar-refractivity contribution in [1.82, 2.24) is 5.73 Å². The molecular weight excluding hydrogens is 274 g/mol. The molecule has 0 aliphatic carbocycles. The van der Waals surface area contributed by atoms with Crippen molar-refractivity contribution in [1.29, 1.82) is 0 Å². The number of carbonyl (C=O) groups excluding carboxylic acids is 1. The summed E-state index contributed by atoms with van der Waals surface area (Å²) in [6, 6.07) is 5.03. The number of halogens is 2. The van der Waals surface area contributed by atoms with Crippen LogP contribution in [0.1, 0.15) is 10.4 Å². The summed E-state index contributed by atoms with van der Waals surface area (Å²) in [4.78, 5) is 10.6. The molecule has 11 heavy (non-hydrogen) atoms. The average molecular weight is 278 g/mol. The molecule has 1 radical (unpaired) electrons. The average Bonchev–Trinajstić information content (AvgIpc) is 1.85. The highest BCUT2D eigenvalue weighted by Crippen LogP contribution is 2.19. The number of benzene rings is 1. The number of nitrogens with one attached hydrogen (secondary N) is 1. The molecule has 0 aliphatic rings. The van der Waals surface area contributed by atoms with Crippen molar-refractivity contribution in [2.45, 2.75) is 0 Å². The van der Waals surface area contributed by atoms with Gasteiger partial charge in [-0.3, -0.25) is 10.5 Å². The number of hydrogen-bond acceptors (Lipinski definition) is 1. The molecular formula is C7H4Br2NO. The van der Waals surface area contributed by atoms with E-state index in [4.69, 9.17) is 5.73 Å². The van der Waals surface area contributed by atoms with Crippen molar-refractivity contribution >= 4 is 37.8 Å². The molecule has 0 unspecified atom stereocenters. The third-order valence-electron chi connectivity index (χ3n) is 1.12. The Kier molecular flexibility index (Phi) is 2.67. The Bertz CT molecular complexity index is 278. The Morgan fingerprint density at radius 3 is 2.00 bits per heavy atom. The first kappa shape index (κ1) is 8.74. The predicted molar refractivity (Wildman–Crippen MR) is 49.3 cm³/mol. The summed E-state index contributed by atoms with van der Waals surface area (Å²) in [5.41, 5.74) is 7.21. The summed E-state index contributed by atoms with van der Waals surface area (Å²) in [5, 5.41) is 0. The first-order valence-corrected chi connectivity index (χ1v) is 4.40. The maximum atomic E-state index is 10.6. The van der Waals surface area contributed by atoms with Crippen molar-refractivity contribution < 1.29 is 4.79 Å². The van der Waals surface area contributed by atoms with Gasteiger partial charge in [-0.15, -0.1) is 0 Å². The lowest BCUT2D eigenvalue weighted by molar-refractivity contribution is 0.0992. The minimum absolute atomic E-state index is 0.381. The maximum absolute atomic E-state index is 10.6. The van der Waals surface area contributed by atoms with E-state index in [1.807, 2.05) is 6.07 Å². The van der Waals surface area contributed by atoms with Gasteiger partial charge in [0.1, 0.15) is 0 Å². The predicted octanol–water partition coefficient (Wildman–Crippen LogP) is 2.63. The summed E-state index contributed by atoms with van der Waals surface area (Å²) >= 11 is 6.43. The lowest BCUT2D eigenvalue weighted by Crippen LogP contribution is -1.98. The van der Waals surface area contributed by atoms with Crippen molar-refractivity contribution in [3.05, 3.63) is 32.7 Å². The smallest absolute Gasteiger partial charge is 0.267 e. The van der Waals surface area contributed by atoms with Crippen LogP contribution in [0.5, 0.6) is 0 Å². The molecule has 1 aromatic carbocycles. The van der Waals surface area contributed by atoms with Crippen LogP contribution in [-0.4, -0.2) is 5.91 Å². The fraction of sp³-hybridized carbons (Fsp3) is 0. The molecule has 0 fully saturated rings. The van der Waals surface area contributed by atoms with Gasteiger partial charge in [-0.1, -0.05) is 31.9 Å². The van der Waals surface area contributed by atoms with Gasteiger partial charge in [0.15, 0.2) is 0 Å². The molecule has 0 heterocycles. The fourth-order valence-electron chi connectivity index (χ4n) is 0.685. The zero-order valence-corrected chi connectivity index (χ0v) is 8.57. The molecule has 1 N–H and O–H groups in total. The lowest BCUT2D eigenvalue weighted by Gasteiger charge is -1.96. The van der Waals surface area contributed by atoms with Crippen LogP contribution in [0.3, 0.4) is 0 Å². The van der Waals surface area contributed by atoms with Gasteiger partial charge in [0.05, 0.1) is 0 Å². The molecule has 0 aromatic heterocycles. The summed E-state index contributed by atoms with van der Waals surface area (Å²) in [6.07, 6.45) is 0. The first-order valence-electron chi connectivity index (χ1n) is 2.81.